The van der Waals surface area contributed by atoms with Crippen LogP contribution in [0, 0.1) is 6.92 Å². The van der Waals surface area contributed by atoms with E-state index in [0.29, 0.717) is 23.4 Å². The van der Waals surface area contributed by atoms with Crippen LogP contribution in [0.2, 0.25) is 0 Å². The van der Waals surface area contributed by atoms with E-state index >= 15 is 0 Å². The average Bonchev–Trinajstić information content (AvgIpc) is 2.62. The Morgan fingerprint density at radius 2 is 1.88 bits per heavy atom. The molecule has 1 aliphatic rings. The van der Waals surface area contributed by atoms with Crippen LogP contribution in [0.4, 0.5) is 11.4 Å². The topological polar surface area (TPSA) is 58.6 Å². The second kappa shape index (κ2) is 7.38. The number of nitrogens with zero attached hydrogens (tertiary/aromatic N) is 1. The van der Waals surface area contributed by atoms with Crippen LogP contribution < -0.4 is 15.0 Å². The maximum atomic E-state index is 12.5. The largest absolute Gasteiger partial charge is 0.495 e. The molecule has 0 bridgehead atoms. The lowest BCUT2D eigenvalue weighted by Gasteiger charge is -2.26. The van der Waals surface area contributed by atoms with Gasteiger partial charge in [-0.2, -0.15) is 0 Å². The first-order valence-corrected chi connectivity index (χ1v) is 8.45. The van der Waals surface area contributed by atoms with E-state index in [4.69, 9.17) is 4.74 Å². The number of nitrogens with one attached hydrogen (secondary N) is 1. The van der Waals surface area contributed by atoms with Gasteiger partial charge in [-0.1, -0.05) is 6.07 Å². The molecule has 1 fully saturated rings. The molecule has 1 saturated heterocycles. The molecule has 0 saturated carbocycles. The van der Waals surface area contributed by atoms with Gasteiger partial charge in [-0.25, -0.2) is 0 Å². The molecule has 130 valence electrons. The minimum atomic E-state index is -0.208. The normalized spacial score (nSPS) is 14.3. The van der Waals surface area contributed by atoms with Crippen molar-refractivity contribution in [3.8, 4) is 5.75 Å². The molecular weight excluding hydrogens is 316 g/mol. The van der Waals surface area contributed by atoms with Crippen molar-refractivity contribution in [2.75, 3.05) is 23.9 Å². The molecule has 1 heterocycles. The first kappa shape index (κ1) is 17.0. The standard InChI is InChI=1S/C20H22N2O3/c1-14-6-11-18(25-2)17(13-14)21-20(24)15-7-9-16(10-8-15)22-12-4-3-5-19(22)23/h6-11,13H,3-5,12H2,1-2H3,(H,21,24). The second-order valence-electron chi connectivity index (χ2n) is 6.21. The number of benzene rings is 2. The van der Waals surface area contributed by atoms with Crippen LogP contribution in [0.5, 0.6) is 5.75 Å². The summed E-state index contributed by atoms with van der Waals surface area (Å²) in [6.45, 7) is 2.70. The van der Waals surface area contributed by atoms with Crippen LogP contribution in [0.1, 0.15) is 35.2 Å². The van der Waals surface area contributed by atoms with Gasteiger partial charge in [0.2, 0.25) is 5.91 Å². The number of aryl methyl sites for hydroxylation is 1. The van der Waals surface area contributed by atoms with Gasteiger partial charge in [-0.05, 0) is 61.7 Å². The van der Waals surface area contributed by atoms with Crippen molar-refractivity contribution < 1.29 is 14.3 Å². The van der Waals surface area contributed by atoms with E-state index in [1.54, 1.807) is 24.1 Å². The summed E-state index contributed by atoms with van der Waals surface area (Å²) in [4.78, 5) is 26.3. The molecule has 5 heteroatoms. The van der Waals surface area contributed by atoms with E-state index < -0.39 is 0 Å². The number of carbonyl (C=O) groups is 2. The quantitative estimate of drug-likeness (QED) is 0.923. The number of amides is 2. The van der Waals surface area contributed by atoms with Crippen LogP contribution in [0.25, 0.3) is 0 Å². The molecule has 0 unspecified atom stereocenters. The fraction of sp³-hybridized carbons (Fsp3) is 0.300. The molecule has 2 aromatic rings. The van der Waals surface area contributed by atoms with E-state index in [2.05, 4.69) is 5.32 Å². The Balaban J connectivity index is 1.75. The molecule has 3 rings (SSSR count). The van der Waals surface area contributed by atoms with E-state index in [9.17, 15) is 9.59 Å². The van der Waals surface area contributed by atoms with E-state index in [-0.39, 0.29) is 11.8 Å². The van der Waals surface area contributed by atoms with Gasteiger partial charge < -0.3 is 15.0 Å². The van der Waals surface area contributed by atoms with Gasteiger partial charge in [-0.15, -0.1) is 0 Å². The van der Waals surface area contributed by atoms with Gasteiger partial charge in [0.15, 0.2) is 0 Å². The third kappa shape index (κ3) is 3.82. The first-order valence-electron chi connectivity index (χ1n) is 8.45. The smallest absolute Gasteiger partial charge is 0.255 e. The second-order valence-corrected chi connectivity index (χ2v) is 6.21. The Morgan fingerprint density at radius 1 is 1.12 bits per heavy atom. The SMILES string of the molecule is COc1ccc(C)cc1NC(=O)c1ccc(N2CCCCC2=O)cc1. The summed E-state index contributed by atoms with van der Waals surface area (Å²) in [6.07, 6.45) is 2.56. The highest BCUT2D eigenvalue weighted by atomic mass is 16.5. The number of rotatable bonds is 4. The van der Waals surface area contributed by atoms with Crippen molar-refractivity contribution in [2.45, 2.75) is 26.2 Å². The molecule has 2 amide bonds. The zero-order chi connectivity index (χ0) is 17.8. The number of ether oxygens (including phenoxy) is 1. The number of piperidine rings is 1. The molecule has 1 aliphatic heterocycles. The summed E-state index contributed by atoms with van der Waals surface area (Å²) in [6, 6.07) is 12.8. The summed E-state index contributed by atoms with van der Waals surface area (Å²) < 4.78 is 5.29. The fourth-order valence-corrected chi connectivity index (χ4v) is 2.99. The van der Waals surface area contributed by atoms with Gasteiger partial charge >= 0.3 is 0 Å². The van der Waals surface area contributed by atoms with Crippen molar-refractivity contribution in [3.05, 3.63) is 53.6 Å². The minimum absolute atomic E-state index is 0.146. The summed E-state index contributed by atoms with van der Waals surface area (Å²) in [7, 11) is 1.57. The highest BCUT2D eigenvalue weighted by molar-refractivity contribution is 6.05. The Labute approximate surface area is 147 Å². The molecule has 0 radical (unpaired) electrons. The number of methoxy groups -OCH3 is 1. The molecule has 0 aliphatic carbocycles. The zero-order valence-electron chi connectivity index (χ0n) is 14.5. The predicted octanol–water partition coefficient (Wildman–Crippen LogP) is 3.77. The molecule has 2 aromatic carbocycles. The lowest BCUT2D eigenvalue weighted by molar-refractivity contribution is -0.119. The average molecular weight is 338 g/mol. The van der Waals surface area contributed by atoms with Crippen molar-refractivity contribution in [1.82, 2.24) is 0 Å². The molecule has 0 atom stereocenters. The Morgan fingerprint density at radius 3 is 2.56 bits per heavy atom. The van der Waals surface area contributed by atoms with Gasteiger partial charge in [-0.3, -0.25) is 9.59 Å². The molecule has 25 heavy (non-hydrogen) atoms. The first-order chi connectivity index (χ1) is 12.1. The Hall–Kier alpha value is -2.82. The van der Waals surface area contributed by atoms with Crippen LogP contribution in [-0.4, -0.2) is 25.5 Å². The van der Waals surface area contributed by atoms with E-state index in [0.717, 1.165) is 30.6 Å². The van der Waals surface area contributed by atoms with Crippen molar-refractivity contribution in [1.29, 1.82) is 0 Å². The molecule has 1 N–H and O–H groups in total. The molecular formula is C20H22N2O3. The van der Waals surface area contributed by atoms with Crippen LogP contribution in [-0.2, 0) is 4.79 Å². The van der Waals surface area contributed by atoms with Gasteiger partial charge in [0, 0.05) is 24.2 Å². The number of carbonyl (C=O) groups excluding carboxylic acids is 2. The lowest BCUT2D eigenvalue weighted by atomic mass is 10.1. The number of hydrogen-bond acceptors (Lipinski definition) is 3. The lowest BCUT2D eigenvalue weighted by Crippen LogP contribution is -2.35. The van der Waals surface area contributed by atoms with E-state index in [1.165, 1.54) is 0 Å². The Kier molecular flexibility index (Phi) is 5.03. The van der Waals surface area contributed by atoms with Crippen LogP contribution in [0.15, 0.2) is 42.5 Å². The fourth-order valence-electron chi connectivity index (χ4n) is 2.99. The van der Waals surface area contributed by atoms with Crippen LogP contribution in [0.3, 0.4) is 0 Å². The summed E-state index contributed by atoms with van der Waals surface area (Å²) in [5, 5.41) is 2.88. The summed E-state index contributed by atoms with van der Waals surface area (Å²) in [5.41, 5.74) is 3.06. The summed E-state index contributed by atoms with van der Waals surface area (Å²) in [5.74, 6) is 0.558. The van der Waals surface area contributed by atoms with Crippen molar-refractivity contribution >= 4 is 23.2 Å². The van der Waals surface area contributed by atoms with Crippen LogP contribution >= 0.6 is 0 Å². The number of hydrogen-bond donors (Lipinski definition) is 1. The third-order valence-corrected chi connectivity index (χ3v) is 4.37. The predicted molar refractivity (Wildman–Crippen MR) is 98.3 cm³/mol. The van der Waals surface area contributed by atoms with E-state index in [1.807, 2.05) is 37.3 Å². The Bertz CT molecular complexity index is 784. The minimum Gasteiger partial charge on any atom is -0.495 e. The number of anilines is 2. The highest BCUT2D eigenvalue weighted by Crippen LogP contribution is 2.26. The maximum absolute atomic E-state index is 12.5. The van der Waals surface area contributed by atoms with Crippen molar-refractivity contribution in [2.24, 2.45) is 0 Å². The van der Waals surface area contributed by atoms with Gasteiger partial charge in [0.25, 0.3) is 5.91 Å². The molecule has 0 aromatic heterocycles. The maximum Gasteiger partial charge on any atom is 0.255 e. The third-order valence-electron chi connectivity index (χ3n) is 4.37. The molecule has 0 spiro atoms. The molecule has 5 nitrogen and oxygen atoms in total. The van der Waals surface area contributed by atoms with Gasteiger partial charge in [0.05, 0.1) is 12.8 Å². The monoisotopic (exact) mass is 338 g/mol. The zero-order valence-corrected chi connectivity index (χ0v) is 14.5. The van der Waals surface area contributed by atoms with Crippen molar-refractivity contribution in [3.63, 3.8) is 0 Å². The van der Waals surface area contributed by atoms with Gasteiger partial charge in [0.1, 0.15) is 5.75 Å². The summed E-state index contributed by atoms with van der Waals surface area (Å²) >= 11 is 0. The highest BCUT2D eigenvalue weighted by Gasteiger charge is 2.19.